The van der Waals surface area contributed by atoms with Gasteiger partial charge in [-0.1, -0.05) is 23.4 Å². The second kappa shape index (κ2) is 6.92. The molecule has 0 bridgehead atoms. The van der Waals surface area contributed by atoms with Gasteiger partial charge in [-0.2, -0.15) is 5.11 Å². The second-order valence-corrected chi connectivity index (χ2v) is 2.80. The number of para-hydroxylation sites is 1. The van der Waals surface area contributed by atoms with Crippen LogP contribution >= 0.6 is 0 Å². The van der Waals surface area contributed by atoms with Crippen molar-refractivity contribution in [2.45, 2.75) is 6.29 Å². The van der Waals surface area contributed by atoms with Gasteiger partial charge in [-0.3, -0.25) is 5.43 Å². The normalized spacial score (nSPS) is 11.1. The maximum atomic E-state index is 4.95. The van der Waals surface area contributed by atoms with Gasteiger partial charge in [0.2, 0.25) is 0 Å². The summed E-state index contributed by atoms with van der Waals surface area (Å²) in [5, 5.41) is 7.66. The molecule has 1 rings (SSSR count). The van der Waals surface area contributed by atoms with Gasteiger partial charge in [0.05, 0.1) is 5.69 Å². The number of nitrogens with one attached hydrogen (secondary N) is 1. The van der Waals surface area contributed by atoms with Crippen LogP contribution in [0.15, 0.2) is 40.7 Å². The molecule has 0 saturated heterocycles. The van der Waals surface area contributed by atoms with E-state index in [1.165, 1.54) is 0 Å². The number of anilines is 1. The number of hydrogen-bond acceptors (Lipinski definition) is 4. The molecule has 0 aliphatic heterocycles. The smallest absolute Gasteiger partial charge is 0.178 e. The first-order valence-corrected chi connectivity index (χ1v) is 4.60. The zero-order valence-electron chi connectivity index (χ0n) is 8.88. The van der Waals surface area contributed by atoms with Gasteiger partial charge in [0.1, 0.15) is 6.54 Å². The van der Waals surface area contributed by atoms with E-state index in [1.54, 1.807) is 14.2 Å². The minimum Gasteiger partial charge on any atom is -0.354 e. The van der Waals surface area contributed by atoms with Crippen LogP contribution in [0.1, 0.15) is 0 Å². The van der Waals surface area contributed by atoms with Crippen molar-refractivity contribution >= 4 is 5.69 Å². The molecule has 15 heavy (non-hydrogen) atoms. The van der Waals surface area contributed by atoms with Crippen molar-refractivity contribution in [2.24, 2.45) is 10.3 Å². The van der Waals surface area contributed by atoms with E-state index < -0.39 is 0 Å². The number of hydrogen-bond donors (Lipinski definition) is 1. The molecule has 0 heterocycles. The van der Waals surface area contributed by atoms with Crippen LogP contribution < -0.4 is 5.43 Å². The molecule has 0 atom stereocenters. The molecule has 0 aliphatic rings. The Balaban J connectivity index is 2.28. The Bertz CT molecular complexity index is 286. The van der Waals surface area contributed by atoms with Crippen molar-refractivity contribution in [2.75, 3.05) is 26.2 Å². The lowest BCUT2D eigenvalue weighted by atomic mass is 10.3. The zero-order chi connectivity index (χ0) is 10.9. The fraction of sp³-hybridized carbons (Fsp3) is 0.400. The SMILES string of the molecule is COC(CN=NNc1ccccc1)OC. The van der Waals surface area contributed by atoms with Crippen molar-refractivity contribution in [1.29, 1.82) is 0 Å². The van der Waals surface area contributed by atoms with E-state index in [2.05, 4.69) is 15.8 Å². The Morgan fingerprint density at radius 3 is 2.47 bits per heavy atom. The Kier molecular flexibility index (Phi) is 5.35. The number of methoxy groups -OCH3 is 2. The highest BCUT2D eigenvalue weighted by Gasteiger charge is 2.01. The van der Waals surface area contributed by atoms with Crippen molar-refractivity contribution in [3.63, 3.8) is 0 Å². The first-order valence-electron chi connectivity index (χ1n) is 4.60. The molecular formula is C10H15N3O2. The number of rotatable bonds is 6. The third-order valence-corrected chi connectivity index (χ3v) is 1.78. The van der Waals surface area contributed by atoms with Gasteiger partial charge in [0.15, 0.2) is 6.29 Å². The Hall–Kier alpha value is -1.46. The highest BCUT2D eigenvalue weighted by Crippen LogP contribution is 2.04. The first-order chi connectivity index (χ1) is 7.36. The van der Waals surface area contributed by atoms with Crippen LogP contribution in [0, 0.1) is 0 Å². The molecule has 5 nitrogen and oxygen atoms in total. The Labute approximate surface area is 89.1 Å². The minimum absolute atomic E-state index is 0.341. The average Bonchev–Trinajstić information content (AvgIpc) is 2.31. The largest absolute Gasteiger partial charge is 0.354 e. The molecule has 5 heteroatoms. The second-order valence-electron chi connectivity index (χ2n) is 2.80. The molecule has 1 N–H and O–H groups in total. The highest BCUT2D eigenvalue weighted by molar-refractivity contribution is 5.41. The maximum Gasteiger partial charge on any atom is 0.178 e. The quantitative estimate of drug-likeness (QED) is 0.443. The molecule has 0 unspecified atom stereocenters. The first kappa shape index (κ1) is 11.6. The van der Waals surface area contributed by atoms with Crippen molar-refractivity contribution in [3.8, 4) is 0 Å². The molecule has 0 amide bonds. The van der Waals surface area contributed by atoms with Crippen molar-refractivity contribution < 1.29 is 9.47 Å². The average molecular weight is 209 g/mol. The molecule has 1 aromatic carbocycles. The lowest BCUT2D eigenvalue weighted by Crippen LogP contribution is -2.16. The molecule has 0 spiro atoms. The summed E-state index contributed by atoms with van der Waals surface area (Å²) < 4.78 is 9.90. The predicted octanol–water partition coefficient (Wildman–Crippen LogP) is 2.08. The summed E-state index contributed by atoms with van der Waals surface area (Å²) in [7, 11) is 3.13. The van der Waals surface area contributed by atoms with E-state index in [1.807, 2.05) is 30.3 Å². The van der Waals surface area contributed by atoms with Crippen LogP contribution in [-0.4, -0.2) is 27.1 Å². The van der Waals surface area contributed by atoms with E-state index >= 15 is 0 Å². The lowest BCUT2D eigenvalue weighted by molar-refractivity contribution is -0.0944. The lowest BCUT2D eigenvalue weighted by Gasteiger charge is -2.08. The van der Waals surface area contributed by atoms with Crippen LogP contribution in [0.2, 0.25) is 0 Å². The van der Waals surface area contributed by atoms with Gasteiger partial charge in [-0.25, -0.2) is 0 Å². The van der Waals surface area contributed by atoms with E-state index in [4.69, 9.17) is 9.47 Å². The molecule has 0 fully saturated rings. The third-order valence-electron chi connectivity index (χ3n) is 1.78. The molecule has 1 aromatic rings. The predicted molar refractivity (Wildman–Crippen MR) is 57.6 cm³/mol. The number of nitrogens with zero attached hydrogens (tertiary/aromatic N) is 2. The summed E-state index contributed by atoms with van der Waals surface area (Å²) in [5.41, 5.74) is 3.69. The number of ether oxygens (including phenoxy) is 2. The van der Waals surface area contributed by atoms with Crippen LogP contribution in [0.4, 0.5) is 5.69 Å². The summed E-state index contributed by atoms with van der Waals surface area (Å²) in [6, 6.07) is 9.59. The summed E-state index contributed by atoms with van der Waals surface area (Å²) in [6.45, 7) is 0.368. The molecular weight excluding hydrogens is 194 g/mol. The van der Waals surface area contributed by atoms with Crippen LogP contribution in [0.5, 0.6) is 0 Å². The van der Waals surface area contributed by atoms with E-state index in [-0.39, 0.29) is 6.29 Å². The van der Waals surface area contributed by atoms with E-state index in [0.29, 0.717) is 6.54 Å². The molecule has 0 radical (unpaired) electrons. The monoisotopic (exact) mass is 209 g/mol. The summed E-state index contributed by atoms with van der Waals surface area (Å²) >= 11 is 0. The summed E-state index contributed by atoms with van der Waals surface area (Å²) in [5.74, 6) is 0. The number of benzene rings is 1. The zero-order valence-corrected chi connectivity index (χ0v) is 8.88. The molecule has 82 valence electrons. The molecule has 0 saturated carbocycles. The van der Waals surface area contributed by atoms with E-state index in [0.717, 1.165) is 5.69 Å². The van der Waals surface area contributed by atoms with Crippen LogP contribution in [-0.2, 0) is 9.47 Å². The minimum atomic E-state index is -0.341. The van der Waals surface area contributed by atoms with Gasteiger partial charge in [-0.15, -0.1) is 0 Å². The standard InChI is InChI=1S/C10H15N3O2/c1-14-10(15-2)8-11-13-12-9-6-4-3-5-7-9/h3-7,10H,8H2,1-2H3,(H,11,12). The maximum absolute atomic E-state index is 4.95. The van der Waals surface area contributed by atoms with Crippen LogP contribution in [0.3, 0.4) is 0 Å². The highest BCUT2D eigenvalue weighted by atomic mass is 16.7. The fourth-order valence-corrected chi connectivity index (χ4v) is 0.959. The summed E-state index contributed by atoms with van der Waals surface area (Å²) in [4.78, 5) is 0. The molecule has 0 aromatic heterocycles. The Morgan fingerprint density at radius 2 is 1.87 bits per heavy atom. The van der Waals surface area contributed by atoms with Gasteiger partial charge >= 0.3 is 0 Å². The van der Waals surface area contributed by atoms with Gasteiger partial charge in [0, 0.05) is 14.2 Å². The molecule has 0 aliphatic carbocycles. The van der Waals surface area contributed by atoms with Crippen molar-refractivity contribution in [3.05, 3.63) is 30.3 Å². The van der Waals surface area contributed by atoms with Crippen LogP contribution in [0.25, 0.3) is 0 Å². The topological polar surface area (TPSA) is 55.2 Å². The third kappa shape index (κ3) is 4.53. The van der Waals surface area contributed by atoms with E-state index in [9.17, 15) is 0 Å². The van der Waals surface area contributed by atoms with Crippen molar-refractivity contribution in [1.82, 2.24) is 0 Å². The summed E-state index contributed by atoms with van der Waals surface area (Å²) in [6.07, 6.45) is -0.341. The fourth-order valence-electron chi connectivity index (χ4n) is 0.959. The van der Waals surface area contributed by atoms with Gasteiger partial charge in [0.25, 0.3) is 0 Å². The van der Waals surface area contributed by atoms with Gasteiger partial charge < -0.3 is 9.47 Å². The van der Waals surface area contributed by atoms with Gasteiger partial charge in [-0.05, 0) is 12.1 Å². The Morgan fingerprint density at radius 1 is 1.20 bits per heavy atom.